The molecule has 0 fully saturated rings. The van der Waals surface area contributed by atoms with Crippen LogP contribution in [-0.4, -0.2) is 39.0 Å². The number of benzene rings is 2. The summed E-state index contributed by atoms with van der Waals surface area (Å²) in [7, 11) is 1.28. The van der Waals surface area contributed by atoms with Gasteiger partial charge in [-0.1, -0.05) is 12.1 Å². The number of amides is 1. The third-order valence-electron chi connectivity index (χ3n) is 3.98. The second kappa shape index (κ2) is 8.65. The maximum absolute atomic E-state index is 12.3. The minimum Gasteiger partial charge on any atom is -0.504 e. The number of nitrogens with one attached hydrogen (secondary N) is 1. The van der Waals surface area contributed by atoms with Crippen molar-refractivity contribution >= 4 is 17.8 Å². The maximum atomic E-state index is 12.3. The van der Waals surface area contributed by atoms with Crippen LogP contribution in [0.25, 0.3) is 0 Å². The predicted molar refractivity (Wildman–Crippen MR) is 104 cm³/mol. The molecule has 0 aliphatic heterocycles. The molecule has 0 saturated heterocycles. The molecule has 0 spiro atoms. The number of carbonyl (C=O) groups excluding carboxylic acids is 1. The maximum Gasteiger partial charge on any atom is 0.274 e. The van der Waals surface area contributed by atoms with Crippen molar-refractivity contribution in [2.75, 3.05) is 7.11 Å². The highest BCUT2D eigenvalue weighted by Gasteiger charge is 2.16. The van der Waals surface area contributed by atoms with Crippen molar-refractivity contribution in [1.29, 1.82) is 0 Å². The second-order valence-corrected chi connectivity index (χ2v) is 5.95. The number of rotatable bonds is 7. The van der Waals surface area contributed by atoms with E-state index in [2.05, 4.69) is 15.6 Å². The highest BCUT2D eigenvalue weighted by atomic mass is 16.6. The summed E-state index contributed by atoms with van der Waals surface area (Å²) in [5, 5.41) is 29.0. The first-order valence-corrected chi connectivity index (χ1v) is 8.43. The number of hydrogen-bond donors (Lipinski definition) is 2. The van der Waals surface area contributed by atoms with Gasteiger partial charge in [-0.05, 0) is 23.8 Å². The van der Waals surface area contributed by atoms with E-state index >= 15 is 0 Å². The fraction of sp³-hybridized carbons (Fsp3) is 0.105. The van der Waals surface area contributed by atoms with Crippen LogP contribution < -0.4 is 10.2 Å². The van der Waals surface area contributed by atoms with Crippen molar-refractivity contribution in [3.63, 3.8) is 0 Å². The lowest BCUT2D eigenvalue weighted by Gasteiger charge is -2.06. The zero-order chi connectivity index (χ0) is 20.8. The van der Waals surface area contributed by atoms with E-state index in [0.29, 0.717) is 12.1 Å². The molecule has 1 amide bonds. The zero-order valence-corrected chi connectivity index (χ0v) is 15.3. The topological polar surface area (TPSA) is 132 Å². The number of hydrogen-bond acceptors (Lipinski definition) is 7. The van der Waals surface area contributed by atoms with E-state index in [1.54, 1.807) is 29.1 Å². The van der Waals surface area contributed by atoms with Crippen LogP contribution in [0, 0.1) is 10.1 Å². The van der Waals surface area contributed by atoms with Gasteiger partial charge >= 0.3 is 0 Å². The molecule has 0 bridgehead atoms. The van der Waals surface area contributed by atoms with Gasteiger partial charge in [-0.25, -0.2) is 5.43 Å². The Morgan fingerprint density at radius 2 is 2.21 bits per heavy atom. The number of aromatic hydroxyl groups is 1. The van der Waals surface area contributed by atoms with E-state index in [0.717, 1.165) is 23.9 Å². The number of ether oxygens (including phenoxy) is 1. The monoisotopic (exact) mass is 395 g/mol. The first-order chi connectivity index (χ1) is 14.0. The summed E-state index contributed by atoms with van der Waals surface area (Å²) in [6, 6.07) is 11.0. The Balaban J connectivity index is 1.73. The predicted octanol–water partition coefficient (Wildman–Crippen LogP) is 2.32. The van der Waals surface area contributed by atoms with Gasteiger partial charge in [0.25, 0.3) is 11.6 Å². The molecule has 0 aliphatic rings. The van der Waals surface area contributed by atoms with Crippen molar-refractivity contribution in [3.8, 4) is 11.5 Å². The molecule has 0 aliphatic carbocycles. The Bertz CT molecular complexity index is 1060. The fourth-order valence-electron chi connectivity index (χ4n) is 2.59. The number of nitrogens with zero attached hydrogens (tertiary/aromatic N) is 4. The summed E-state index contributed by atoms with van der Waals surface area (Å²) in [4.78, 5) is 22.7. The number of phenols is 1. The second-order valence-electron chi connectivity index (χ2n) is 5.95. The van der Waals surface area contributed by atoms with Gasteiger partial charge < -0.3 is 9.84 Å². The lowest BCUT2D eigenvalue weighted by molar-refractivity contribution is -0.385. The van der Waals surface area contributed by atoms with E-state index in [1.807, 2.05) is 18.3 Å². The third kappa shape index (κ3) is 4.75. The van der Waals surface area contributed by atoms with Crippen LogP contribution in [0.5, 0.6) is 11.5 Å². The lowest BCUT2D eigenvalue weighted by Crippen LogP contribution is -2.18. The molecule has 1 aromatic heterocycles. The number of methoxy groups -OCH3 is 1. The van der Waals surface area contributed by atoms with Crippen LogP contribution in [0.3, 0.4) is 0 Å². The lowest BCUT2D eigenvalue weighted by atomic mass is 10.1. The molecule has 0 atom stereocenters. The minimum absolute atomic E-state index is 0.0313. The molecule has 29 heavy (non-hydrogen) atoms. The molecule has 10 nitrogen and oxygen atoms in total. The molecule has 3 aromatic rings. The normalized spacial score (nSPS) is 10.8. The Hall–Kier alpha value is -4.21. The van der Waals surface area contributed by atoms with Gasteiger partial charge in [0.15, 0.2) is 11.5 Å². The summed E-state index contributed by atoms with van der Waals surface area (Å²) in [6.07, 6.45) is 4.59. The molecule has 3 rings (SSSR count). The quantitative estimate of drug-likeness (QED) is 0.358. The SMILES string of the molecule is COc1cc([N+](=O)[O-])cc(C=NNC(=O)c2cccc(Cn3cccn3)c2)c1O. The number of non-ortho nitro benzene ring substituents is 1. The summed E-state index contributed by atoms with van der Waals surface area (Å²) >= 11 is 0. The van der Waals surface area contributed by atoms with Crippen LogP contribution in [0.1, 0.15) is 21.5 Å². The fourth-order valence-corrected chi connectivity index (χ4v) is 2.59. The van der Waals surface area contributed by atoms with E-state index in [9.17, 15) is 20.0 Å². The van der Waals surface area contributed by atoms with E-state index in [4.69, 9.17) is 4.74 Å². The number of carbonyl (C=O) groups is 1. The average molecular weight is 395 g/mol. The molecular formula is C19H17N5O5. The molecule has 0 radical (unpaired) electrons. The first-order valence-electron chi connectivity index (χ1n) is 8.43. The summed E-state index contributed by atoms with van der Waals surface area (Å²) in [5.41, 5.74) is 3.35. The molecule has 0 saturated carbocycles. The van der Waals surface area contributed by atoms with E-state index in [-0.39, 0.29) is 22.7 Å². The highest BCUT2D eigenvalue weighted by Crippen LogP contribution is 2.33. The van der Waals surface area contributed by atoms with E-state index in [1.165, 1.54) is 7.11 Å². The van der Waals surface area contributed by atoms with Crippen molar-refractivity contribution in [1.82, 2.24) is 15.2 Å². The van der Waals surface area contributed by atoms with Gasteiger partial charge in [0.1, 0.15) is 0 Å². The molecular weight excluding hydrogens is 378 g/mol. The summed E-state index contributed by atoms with van der Waals surface area (Å²) < 4.78 is 6.65. The molecule has 2 aromatic carbocycles. The smallest absolute Gasteiger partial charge is 0.274 e. The van der Waals surface area contributed by atoms with Crippen LogP contribution in [0.4, 0.5) is 5.69 Å². The van der Waals surface area contributed by atoms with Gasteiger partial charge in [0, 0.05) is 29.6 Å². The standard InChI is InChI=1S/C19H17N5O5/c1-29-17-10-16(24(27)28)9-15(18(17)25)11-20-22-19(26)14-5-2-4-13(8-14)12-23-7-3-6-21-23/h2-11,25H,12H2,1H3,(H,22,26). The largest absolute Gasteiger partial charge is 0.504 e. The molecule has 148 valence electrons. The van der Waals surface area contributed by atoms with Crippen LogP contribution >= 0.6 is 0 Å². The minimum atomic E-state index is -0.622. The Morgan fingerprint density at radius 1 is 1.38 bits per heavy atom. The summed E-state index contributed by atoms with van der Waals surface area (Å²) in [6.45, 7) is 0.513. The van der Waals surface area contributed by atoms with Crippen molar-refractivity contribution in [2.45, 2.75) is 6.54 Å². The zero-order valence-electron chi connectivity index (χ0n) is 15.3. The average Bonchev–Trinajstić information content (AvgIpc) is 3.22. The van der Waals surface area contributed by atoms with Gasteiger partial charge in [0.2, 0.25) is 0 Å². The Labute approximate surface area is 165 Å². The first kappa shape index (κ1) is 19.5. The summed E-state index contributed by atoms with van der Waals surface area (Å²) in [5.74, 6) is -0.865. The van der Waals surface area contributed by atoms with E-state index < -0.39 is 10.8 Å². The van der Waals surface area contributed by atoms with Crippen LogP contribution in [-0.2, 0) is 6.54 Å². The van der Waals surface area contributed by atoms with Gasteiger partial charge in [-0.2, -0.15) is 10.2 Å². The van der Waals surface area contributed by atoms with Gasteiger partial charge in [-0.15, -0.1) is 0 Å². The third-order valence-corrected chi connectivity index (χ3v) is 3.98. The van der Waals surface area contributed by atoms with Gasteiger partial charge in [-0.3, -0.25) is 19.6 Å². The van der Waals surface area contributed by atoms with Crippen molar-refractivity contribution in [3.05, 3.63) is 81.7 Å². The molecule has 1 heterocycles. The van der Waals surface area contributed by atoms with Crippen LogP contribution in [0.2, 0.25) is 0 Å². The number of hydrazone groups is 1. The molecule has 0 unspecified atom stereocenters. The van der Waals surface area contributed by atoms with Crippen LogP contribution in [0.15, 0.2) is 60.0 Å². The molecule has 10 heteroatoms. The van der Waals surface area contributed by atoms with Crippen molar-refractivity contribution < 1.29 is 19.6 Å². The number of phenolic OH excluding ortho intramolecular Hbond substituents is 1. The number of aromatic nitrogens is 2. The number of nitro groups is 1. The Morgan fingerprint density at radius 3 is 2.90 bits per heavy atom. The van der Waals surface area contributed by atoms with Gasteiger partial charge in [0.05, 0.1) is 30.9 Å². The van der Waals surface area contributed by atoms with Crippen molar-refractivity contribution in [2.24, 2.45) is 5.10 Å². The highest BCUT2D eigenvalue weighted by molar-refractivity contribution is 5.95. The Kier molecular flexibility index (Phi) is 5.83. The molecule has 2 N–H and O–H groups in total. The number of nitro benzene ring substituents is 1.